The quantitative estimate of drug-likeness (QED) is 0.609. The molecule has 9 heteroatoms. The van der Waals surface area contributed by atoms with Gasteiger partial charge in [-0.05, 0) is 41.9 Å². The molecular weight excluding hydrogens is 380 g/mol. The van der Waals surface area contributed by atoms with Crippen molar-refractivity contribution in [3.63, 3.8) is 0 Å². The molecule has 1 aromatic carbocycles. The molecule has 0 unspecified atom stereocenters. The maximum absolute atomic E-state index is 12.2. The van der Waals surface area contributed by atoms with Gasteiger partial charge in [0.2, 0.25) is 5.91 Å². The van der Waals surface area contributed by atoms with E-state index in [1.54, 1.807) is 36.6 Å². The van der Waals surface area contributed by atoms with Crippen molar-refractivity contribution in [1.82, 2.24) is 14.8 Å². The Morgan fingerprint density at radius 2 is 2.32 bits per heavy atom. The zero-order valence-corrected chi connectivity index (χ0v) is 15.7. The number of H-pyrrole nitrogens is 1. The first-order chi connectivity index (χ1) is 12.1. The lowest BCUT2D eigenvalue weighted by molar-refractivity contribution is -0.116. The van der Waals surface area contributed by atoms with E-state index < -0.39 is 0 Å². The van der Waals surface area contributed by atoms with Crippen molar-refractivity contribution in [2.24, 2.45) is 0 Å². The van der Waals surface area contributed by atoms with Crippen molar-refractivity contribution in [2.45, 2.75) is 13.0 Å². The standard InChI is InChI=1S/C16H15ClN4O2S2/c1-23-12-5-4-10(9-11(12)17)18-14(22)6-7-21-15(19-20-16(21)24)13-3-2-8-25-13/h2-5,8-9H,6-7H2,1H3,(H,18,22)(H,20,24). The van der Waals surface area contributed by atoms with Crippen LogP contribution < -0.4 is 10.1 Å². The fourth-order valence-corrected chi connectivity index (χ4v) is 3.50. The van der Waals surface area contributed by atoms with Gasteiger partial charge in [-0.1, -0.05) is 17.7 Å². The molecule has 3 rings (SSSR count). The molecular formula is C16H15ClN4O2S2. The number of hydrogen-bond acceptors (Lipinski definition) is 5. The number of ether oxygens (including phenoxy) is 1. The van der Waals surface area contributed by atoms with Crippen molar-refractivity contribution < 1.29 is 9.53 Å². The molecule has 0 aliphatic carbocycles. The van der Waals surface area contributed by atoms with Crippen molar-refractivity contribution in [2.75, 3.05) is 12.4 Å². The van der Waals surface area contributed by atoms with Gasteiger partial charge in [0, 0.05) is 18.7 Å². The molecule has 2 heterocycles. The summed E-state index contributed by atoms with van der Waals surface area (Å²) in [4.78, 5) is 13.2. The van der Waals surface area contributed by atoms with Crippen molar-refractivity contribution in [3.8, 4) is 16.5 Å². The number of thiophene rings is 1. The van der Waals surface area contributed by atoms with Crippen LogP contribution in [0.1, 0.15) is 6.42 Å². The third-order valence-corrected chi connectivity index (χ3v) is 4.97. The number of aromatic amines is 1. The summed E-state index contributed by atoms with van der Waals surface area (Å²) in [6, 6.07) is 9.01. The molecule has 3 aromatic rings. The molecule has 2 N–H and O–H groups in total. The molecule has 0 fully saturated rings. The van der Waals surface area contributed by atoms with Gasteiger partial charge < -0.3 is 10.1 Å². The van der Waals surface area contributed by atoms with Crippen LogP contribution in [0.25, 0.3) is 10.7 Å². The molecule has 0 aliphatic heterocycles. The van der Waals surface area contributed by atoms with Gasteiger partial charge in [0.05, 0.1) is 17.0 Å². The Hall–Kier alpha value is -2.16. The molecule has 2 aromatic heterocycles. The second kappa shape index (κ2) is 7.81. The summed E-state index contributed by atoms with van der Waals surface area (Å²) in [5, 5.41) is 12.3. The topological polar surface area (TPSA) is 71.9 Å². The molecule has 0 saturated heterocycles. The van der Waals surface area contributed by atoms with Crippen LogP contribution in [0.3, 0.4) is 0 Å². The molecule has 0 aliphatic rings. The van der Waals surface area contributed by atoms with Gasteiger partial charge in [0.25, 0.3) is 0 Å². The molecule has 0 bridgehead atoms. The number of nitrogens with one attached hydrogen (secondary N) is 2. The minimum atomic E-state index is -0.138. The minimum Gasteiger partial charge on any atom is -0.495 e. The Labute approximate surface area is 158 Å². The maximum Gasteiger partial charge on any atom is 0.226 e. The highest BCUT2D eigenvalue weighted by Gasteiger charge is 2.12. The number of methoxy groups -OCH3 is 1. The van der Waals surface area contributed by atoms with Gasteiger partial charge in [-0.3, -0.25) is 14.5 Å². The number of benzene rings is 1. The van der Waals surface area contributed by atoms with Crippen LogP contribution in [-0.2, 0) is 11.3 Å². The van der Waals surface area contributed by atoms with E-state index in [4.69, 9.17) is 28.6 Å². The first-order valence-corrected chi connectivity index (χ1v) is 9.07. The van der Waals surface area contributed by atoms with Gasteiger partial charge in [-0.2, -0.15) is 5.10 Å². The number of anilines is 1. The Morgan fingerprint density at radius 1 is 1.48 bits per heavy atom. The summed E-state index contributed by atoms with van der Waals surface area (Å²) in [5.74, 6) is 1.16. The number of hydrogen-bond donors (Lipinski definition) is 2. The van der Waals surface area contributed by atoms with E-state index in [2.05, 4.69) is 15.5 Å². The minimum absolute atomic E-state index is 0.138. The van der Waals surface area contributed by atoms with Gasteiger partial charge in [0.1, 0.15) is 5.75 Å². The zero-order chi connectivity index (χ0) is 17.8. The predicted octanol–water partition coefficient (Wildman–Crippen LogP) is 4.36. The van der Waals surface area contributed by atoms with E-state index >= 15 is 0 Å². The number of carbonyl (C=O) groups excluding carboxylic acids is 1. The van der Waals surface area contributed by atoms with E-state index in [9.17, 15) is 4.79 Å². The number of nitrogens with zero attached hydrogens (tertiary/aromatic N) is 2. The third kappa shape index (κ3) is 4.09. The number of carbonyl (C=O) groups is 1. The van der Waals surface area contributed by atoms with E-state index in [1.807, 2.05) is 22.1 Å². The predicted molar refractivity (Wildman–Crippen MR) is 102 cm³/mol. The van der Waals surface area contributed by atoms with Gasteiger partial charge >= 0.3 is 0 Å². The van der Waals surface area contributed by atoms with Crippen LogP contribution in [0.15, 0.2) is 35.7 Å². The van der Waals surface area contributed by atoms with E-state index in [0.717, 1.165) is 10.7 Å². The van der Waals surface area contributed by atoms with Gasteiger partial charge in [-0.15, -0.1) is 11.3 Å². The van der Waals surface area contributed by atoms with Crippen molar-refractivity contribution in [1.29, 1.82) is 0 Å². The highest BCUT2D eigenvalue weighted by molar-refractivity contribution is 7.71. The normalized spacial score (nSPS) is 10.6. The molecule has 0 atom stereocenters. The summed E-state index contributed by atoms with van der Waals surface area (Å²) < 4.78 is 7.40. The average Bonchev–Trinajstić information content (AvgIpc) is 3.23. The smallest absolute Gasteiger partial charge is 0.226 e. The lowest BCUT2D eigenvalue weighted by Gasteiger charge is -2.09. The zero-order valence-electron chi connectivity index (χ0n) is 13.3. The Morgan fingerprint density at radius 3 is 3.00 bits per heavy atom. The van der Waals surface area contributed by atoms with Crippen LogP contribution in [0.4, 0.5) is 5.69 Å². The molecule has 130 valence electrons. The highest BCUT2D eigenvalue weighted by Crippen LogP contribution is 2.27. The Kier molecular flexibility index (Phi) is 5.52. The summed E-state index contributed by atoms with van der Waals surface area (Å²) in [5.41, 5.74) is 0.616. The second-order valence-corrected chi connectivity index (χ2v) is 6.87. The number of rotatable bonds is 6. The SMILES string of the molecule is COc1ccc(NC(=O)CCn2c(-c3cccs3)n[nH]c2=S)cc1Cl. The van der Waals surface area contributed by atoms with Crippen LogP contribution in [0.5, 0.6) is 5.75 Å². The van der Waals surface area contributed by atoms with E-state index in [1.165, 1.54) is 0 Å². The molecule has 6 nitrogen and oxygen atoms in total. The van der Waals surface area contributed by atoms with E-state index in [-0.39, 0.29) is 12.3 Å². The number of halogens is 1. The van der Waals surface area contributed by atoms with Crippen LogP contribution in [-0.4, -0.2) is 27.8 Å². The largest absolute Gasteiger partial charge is 0.495 e. The van der Waals surface area contributed by atoms with E-state index in [0.29, 0.717) is 27.8 Å². The van der Waals surface area contributed by atoms with Crippen molar-refractivity contribution >= 4 is 46.8 Å². The lowest BCUT2D eigenvalue weighted by atomic mass is 10.3. The average molecular weight is 395 g/mol. The summed E-state index contributed by atoms with van der Waals surface area (Å²) in [7, 11) is 1.54. The summed E-state index contributed by atoms with van der Waals surface area (Å²) in [6.45, 7) is 0.429. The summed E-state index contributed by atoms with van der Waals surface area (Å²) in [6.07, 6.45) is 0.260. The monoisotopic (exact) mass is 394 g/mol. The number of amides is 1. The first-order valence-electron chi connectivity index (χ1n) is 7.41. The van der Waals surface area contributed by atoms with Crippen LogP contribution in [0.2, 0.25) is 5.02 Å². The first kappa shape index (κ1) is 17.7. The summed E-state index contributed by atoms with van der Waals surface area (Å²) >= 11 is 12.9. The second-order valence-electron chi connectivity index (χ2n) is 5.13. The van der Waals surface area contributed by atoms with Gasteiger partial charge in [0.15, 0.2) is 10.6 Å². The van der Waals surface area contributed by atoms with Crippen LogP contribution in [0, 0.1) is 4.77 Å². The molecule has 0 spiro atoms. The van der Waals surface area contributed by atoms with Crippen molar-refractivity contribution in [3.05, 3.63) is 45.5 Å². The molecule has 25 heavy (non-hydrogen) atoms. The molecule has 1 amide bonds. The molecule has 0 saturated carbocycles. The maximum atomic E-state index is 12.2. The number of aromatic nitrogens is 3. The van der Waals surface area contributed by atoms with Crippen LogP contribution >= 0.6 is 35.2 Å². The fraction of sp³-hybridized carbons (Fsp3) is 0.188. The van der Waals surface area contributed by atoms with Gasteiger partial charge in [-0.25, -0.2) is 0 Å². The highest BCUT2D eigenvalue weighted by atomic mass is 35.5. The lowest BCUT2D eigenvalue weighted by Crippen LogP contribution is -2.15. The molecule has 0 radical (unpaired) electrons. The Bertz CT molecular complexity index is 934. The Balaban J connectivity index is 1.66. The third-order valence-electron chi connectivity index (χ3n) is 3.50. The fourth-order valence-electron chi connectivity index (χ4n) is 2.30.